The molecule has 21 heavy (non-hydrogen) atoms. The fraction of sp³-hybridized carbons (Fsp3) is 0.312. The maximum absolute atomic E-state index is 5.89. The SMILES string of the molecule is CCc1cc(CC(NN)c2cc3ccccc3o2)n(C)n1. The molecule has 3 rings (SSSR count). The number of rotatable bonds is 5. The molecule has 0 amide bonds. The van der Waals surface area contributed by atoms with Crippen molar-refractivity contribution in [3.05, 3.63) is 53.5 Å². The zero-order valence-electron chi connectivity index (χ0n) is 12.3. The predicted molar refractivity (Wildman–Crippen MR) is 82.6 cm³/mol. The molecule has 1 aromatic carbocycles. The molecule has 0 fully saturated rings. The lowest BCUT2D eigenvalue weighted by Crippen LogP contribution is -2.29. The first-order chi connectivity index (χ1) is 10.2. The van der Waals surface area contributed by atoms with Crippen LogP contribution in [0.4, 0.5) is 0 Å². The van der Waals surface area contributed by atoms with Crippen LogP contribution in [0.5, 0.6) is 0 Å². The minimum atomic E-state index is -0.0718. The van der Waals surface area contributed by atoms with Gasteiger partial charge in [0.2, 0.25) is 0 Å². The number of aromatic nitrogens is 2. The fourth-order valence-electron chi connectivity index (χ4n) is 2.56. The molecular formula is C16H20N4O. The zero-order chi connectivity index (χ0) is 14.8. The van der Waals surface area contributed by atoms with Crippen molar-refractivity contribution in [1.82, 2.24) is 15.2 Å². The second-order valence-electron chi connectivity index (χ2n) is 5.21. The van der Waals surface area contributed by atoms with Crippen LogP contribution in [0, 0.1) is 0 Å². The van der Waals surface area contributed by atoms with E-state index in [1.807, 2.05) is 42.1 Å². The Morgan fingerprint density at radius 2 is 2.14 bits per heavy atom. The van der Waals surface area contributed by atoms with Gasteiger partial charge in [0, 0.05) is 24.5 Å². The van der Waals surface area contributed by atoms with Gasteiger partial charge in [-0.2, -0.15) is 5.10 Å². The fourth-order valence-corrected chi connectivity index (χ4v) is 2.56. The molecule has 1 unspecified atom stereocenters. The van der Waals surface area contributed by atoms with Crippen LogP contribution in [0.1, 0.15) is 30.1 Å². The number of nitrogens with zero attached hydrogens (tertiary/aromatic N) is 2. The van der Waals surface area contributed by atoms with Crippen LogP contribution < -0.4 is 11.3 Å². The average Bonchev–Trinajstić information content (AvgIpc) is 3.07. The molecule has 0 bridgehead atoms. The van der Waals surface area contributed by atoms with E-state index in [0.29, 0.717) is 0 Å². The first kappa shape index (κ1) is 13.9. The number of fused-ring (bicyclic) bond motifs is 1. The summed E-state index contributed by atoms with van der Waals surface area (Å²) in [6.07, 6.45) is 1.67. The number of para-hydroxylation sites is 1. The summed E-state index contributed by atoms with van der Waals surface area (Å²) in [5.41, 5.74) is 5.95. The highest BCUT2D eigenvalue weighted by Gasteiger charge is 2.18. The van der Waals surface area contributed by atoms with Crippen molar-refractivity contribution in [3.8, 4) is 0 Å². The summed E-state index contributed by atoms with van der Waals surface area (Å²) in [6.45, 7) is 2.10. The molecule has 0 spiro atoms. The zero-order valence-corrected chi connectivity index (χ0v) is 12.3. The first-order valence-electron chi connectivity index (χ1n) is 7.17. The van der Waals surface area contributed by atoms with Crippen molar-refractivity contribution in [2.75, 3.05) is 0 Å². The van der Waals surface area contributed by atoms with E-state index in [1.165, 1.54) is 0 Å². The van der Waals surface area contributed by atoms with Crippen molar-refractivity contribution in [2.24, 2.45) is 12.9 Å². The van der Waals surface area contributed by atoms with Gasteiger partial charge in [-0.15, -0.1) is 0 Å². The first-order valence-corrected chi connectivity index (χ1v) is 7.17. The number of nitrogens with one attached hydrogen (secondary N) is 1. The highest BCUT2D eigenvalue weighted by Crippen LogP contribution is 2.25. The Balaban J connectivity index is 1.88. The Hall–Kier alpha value is -2.11. The Morgan fingerprint density at radius 3 is 2.81 bits per heavy atom. The molecule has 0 aliphatic carbocycles. The molecule has 5 heteroatoms. The molecule has 0 saturated carbocycles. The Bertz CT molecular complexity index is 711. The number of aryl methyl sites for hydroxylation is 2. The van der Waals surface area contributed by atoms with Gasteiger partial charge in [-0.3, -0.25) is 10.5 Å². The summed E-state index contributed by atoms with van der Waals surface area (Å²) in [5.74, 6) is 6.57. The summed E-state index contributed by atoms with van der Waals surface area (Å²) in [5, 5.41) is 5.56. The van der Waals surface area contributed by atoms with Crippen LogP contribution in [-0.2, 0) is 19.9 Å². The molecule has 3 N–H and O–H groups in total. The van der Waals surface area contributed by atoms with Crippen LogP contribution in [0.3, 0.4) is 0 Å². The van der Waals surface area contributed by atoms with Crippen LogP contribution in [0.2, 0.25) is 0 Å². The average molecular weight is 284 g/mol. The van der Waals surface area contributed by atoms with Gasteiger partial charge < -0.3 is 4.42 Å². The van der Waals surface area contributed by atoms with Crippen molar-refractivity contribution in [3.63, 3.8) is 0 Å². The molecule has 0 saturated heterocycles. The second-order valence-corrected chi connectivity index (χ2v) is 5.21. The number of nitrogens with two attached hydrogens (primary N) is 1. The highest BCUT2D eigenvalue weighted by atomic mass is 16.3. The van der Waals surface area contributed by atoms with E-state index in [0.717, 1.165) is 41.0 Å². The summed E-state index contributed by atoms with van der Waals surface area (Å²) in [6, 6.07) is 12.1. The topological polar surface area (TPSA) is 69.0 Å². The second kappa shape index (κ2) is 5.71. The predicted octanol–water partition coefficient (Wildman–Crippen LogP) is 2.48. The van der Waals surface area contributed by atoms with Gasteiger partial charge in [0.15, 0.2) is 0 Å². The van der Waals surface area contributed by atoms with Crippen molar-refractivity contribution in [2.45, 2.75) is 25.8 Å². The standard InChI is InChI=1S/C16H20N4O/c1-3-12-9-13(20(2)19-12)10-14(18-17)16-8-11-6-4-5-7-15(11)21-16/h4-9,14,18H,3,10,17H2,1-2H3. The molecule has 5 nitrogen and oxygen atoms in total. The Morgan fingerprint density at radius 1 is 1.33 bits per heavy atom. The lowest BCUT2D eigenvalue weighted by molar-refractivity contribution is 0.427. The van der Waals surface area contributed by atoms with Gasteiger partial charge in [0.05, 0.1) is 11.7 Å². The van der Waals surface area contributed by atoms with Crippen LogP contribution in [0.15, 0.2) is 40.8 Å². The van der Waals surface area contributed by atoms with Gasteiger partial charge >= 0.3 is 0 Å². The third-order valence-electron chi connectivity index (χ3n) is 3.79. The van der Waals surface area contributed by atoms with E-state index >= 15 is 0 Å². The molecule has 0 radical (unpaired) electrons. The van der Waals surface area contributed by atoms with Gasteiger partial charge in [0.1, 0.15) is 11.3 Å². The lowest BCUT2D eigenvalue weighted by atomic mass is 10.1. The van der Waals surface area contributed by atoms with E-state index < -0.39 is 0 Å². The van der Waals surface area contributed by atoms with Crippen molar-refractivity contribution in [1.29, 1.82) is 0 Å². The molecular weight excluding hydrogens is 264 g/mol. The van der Waals surface area contributed by atoms with Crippen molar-refractivity contribution < 1.29 is 4.42 Å². The van der Waals surface area contributed by atoms with Crippen LogP contribution in [0.25, 0.3) is 11.0 Å². The van der Waals surface area contributed by atoms with E-state index in [2.05, 4.69) is 23.5 Å². The monoisotopic (exact) mass is 284 g/mol. The third kappa shape index (κ3) is 2.70. The molecule has 0 aliphatic heterocycles. The van der Waals surface area contributed by atoms with Gasteiger partial charge in [-0.25, -0.2) is 5.43 Å². The van der Waals surface area contributed by atoms with Gasteiger partial charge in [-0.05, 0) is 24.6 Å². The van der Waals surface area contributed by atoms with Gasteiger partial charge in [-0.1, -0.05) is 25.1 Å². The Labute approximate surface area is 123 Å². The largest absolute Gasteiger partial charge is 0.459 e. The minimum Gasteiger partial charge on any atom is -0.459 e. The number of furan rings is 1. The highest BCUT2D eigenvalue weighted by molar-refractivity contribution is 5.77. The third-order valence-corrected chi connectivity index (χ3v) is 3.79. The smallest absolute Gasteiger partial charge is 0.134 e. The molecule has 0 aliphatic rings. The molecule has 2 aromatic heterocycles. The van der Waals surface area contributed by atoms with Gasteiger partial charge in [0.25, 0.3) is 0 Å². The van der Waals surface area contributed by atoms with E-state index in [4.69, 9.17) is 10.3 Å². The summed E-state index contributed by atoms with van der Waals surface area (Å²) < 4.78 is 7.80. The maximum Gasteiger partial charge on any atom is 0.134 e. The molecule has 1 atom stereocenters. The van der Waals surface area contributed by atoms with Crippen molar-refractivity contribution >= 4 is 11.0 Å². The number of hydrogen-bond donors (Lipinski definition) is 2. The van der Waals surface area contributed by atoms with Crippen LogP contribution in [-0.4, -0.2) is 9.78 Å². The number of hydrazine groups is 1. The maximum atomic E-state index is 5.89. The molecule has 2 heterocycles. The summed E-state index contributed by atoms with van der Waals surface area (Å²) in [4.78, 5) is 0. The minimum absolute atomic E-state index is 0.0718. The van der Waals surface area contributed by atoms with E-state index in [1.54, 1.807) is 0 Å². The lowest BCUT2D eigenvalue weighted by Gasteiger charge is -2.13. The van der Waals surface area contributed by atoms with E-state index in [-0.39, 0.29) is 6.04 Å². The molecule has 3 aromatic rings. The summed E-state index contributed by atoms with van der Waals surface area (Å²) >= 11 is 0. The normalized spacial score (nSPS) is 12.9. The van der Waals surface area contributed by atoms with E-state index in [9.17, 15) is 0 Å². The number of hydrogen-bond acceptors (Lipinski definition) is 4. The quantitative estimate of drug-likeness (QED) is 0.558. The Kier molecular flexibility index (Phi) is 3.77. The molecule has 110 valence electrons. The summed E-state index contributed by atoms with van der Waals surface area (Å²) in [7, 11) is 1.96. The van der Waals surface area contributed by atoms with Crippen LogP contribution >= 0.6 is 0 Å². The number of benzene rings is 1.